The number of thiocarbonyl (C=S) groups is 1. The summed E-state index contributed by atoms with van der Waals surface area (Å²) in [5, 5.41) is 1.89. The summed E-state index contributed by atoms with van der Waals surface area (Å²) in [6.45, 7) is 4.47. The topological polar surface area (TPSA) is 0 Å². The molecule has 0 rings (SSSR count). The Balaban J connectivity index is 2.95. The minimum Gasteiger partial charge on any atom is -0.0932 e. The third kappa shape index (κ3) is 8.19. The van der Waals surface area contributed by atoms with E-state index >= 15 is 0 Å². The molecule has 0 aromatic heterocycles. The van der Waals surface area contributed by atoms with Crippen molar-refractivity contribution in [2.24, 2.45) is 5.92 Å². The van der Waals surface area contributed by atoms with Crippen molar-refractivity contribution >= 4 is 17.6 Å². The molecule has 1 heteroatoms. The number of unbranched alkanes of at least 4 members (excludes halogenated alkanes) is 5. The summed E-state index contributed by atoms with van der Waals surface area (Å²) in [6, 6.07) is 0. The molecule has 1 unspecified atom stereocenters. The van der Waals surface area contributed by atoms with Crippen molar-refractivity contribution in [3.8, 4) is 0 Å². The van der Waals surface area contributed by atoms with Crippen molar-refractivity contribution in [3.63, 3.8) is 0 Å². The van der Waals surface area contributed by atoms with E-state index in [1.807, 2.05) is 5.37 Å². The molecular weight excluding hydrogens is 164 g/mol. The van der Waals surface area contributed by atoms with Gasteiger partial charge in [-0.25, -0.2) is 0 Å². The number of hydrogen-bond acceptors (Lipinski definition) is 1. The Labute approximate surface area is 82.7 Å². The summed E-state index contributed by atoms with van der Waals surface area (Å²) < 4.78 is 0. The van der Waals surface area contributed by atoms with Gasteiger partial charge in [-0.2, -0.15) is 0 Å². The molecule has 12 heavy (non-hydrogen) atoms. The van der Waals surface area contributed by atoms with Crippen molar-refractivity contribution in [1.82, 2.24) is 0 Å². The zero-order valence-corrected chi connectivity index (χ0v) is 9.33. The molecule has 0 aliphatic carbocycles. The maximum Gasteiger partial charge on any atom is -0.0157 e. The molecule has 0 nitrogen and oxygen atoms in total. The molecule has 0 heterocycles. The van der Waals surface area contributed by atoms with E-state index in [1.165, 1.54) is 44.9 Å². The standard InChI is InChI=1S/C11H22S/c1-3-4-5-6-7-8-9-11(2)10-12/h10-11H,3-9H2,1-2H3. The van der Waals surface area contributed by atoms with E-state index in [2.05, 4.69) is 13.8 Å². The van der Waals surface area contributed by atoms with E-state index < -0.39 is 0 Å². The van der Waals surface area contributed by atoms with Crippen LogP contribution in [0.3, 0.4) is 0 Å². The van der Waals surface area contributed by atoms with E-state index in [4.69, 9.17) is 12.2 Å². The van der Waals surface area contributed by atoms with Gasteiger partial charge >= 0.3 is 0 Å². The Morgan fingerprint density at radius 3 is 2.25 bits per heavy atom. The first-order chi connectivity index (χ1) is 5.81. The monoisotopic (exact) mass is 186 g/mol. The fourth-order valence-electron chi connectivity index (χ4n) is 1.31. The summed E-state index contributed by atoms with van der Waals surface area (Å²) in [7, 11) is 0. The van der Waals surface area contributed by atoms with Crippen LogP contribution >= 0.6 is 12.2 Å². The SMILES string of the molecule is CCCCCCCCC(C)C=S. The zero-order valence-electron chi connectivity index (χ0n) is 8.51. The van der Waals surface area contributed by atoms with Gasteiger partial charge in [0.2, 0.25) is 0 Å². The van der Waals surface area contributed by atoms with E-state index in [0.717, 1.165) is 0 Å². The Morgan fingerprint density at radius 2 is 1.67 bits per heavy atom. The summed E-state index contributed by atoms with van der Waals surface area (Å²) in [4.78, 5) is 0. The lowest BCUT2D eigenvalue weighted by atomic mass is 10.0. The lowest BCUT2D eigenvalue weighted by Gasteiger charge is -2.03. The van der Waals surface area contributed by atoms with Crippen LogP contribution in [0.5, 0.6) is 0 Å². The van der Waals surface area contributed by atoms with Crippen molar-refractivity contribution in [3.05, 3.63) is 0 Å². The molecule has 0 aromatic carbocycles. The first-order valence-corrected chi connectivity index (χ1v) is 5.73. The Morgan fingerprint density at radius 1 is 1.08 bits per heavy atom. The highest BCUT2D eigenvalue weighted by Gasteiger charge is 1.96. The molecule has 0 fully saturated rings. The largest absolute Gasteiger partial charge is 0.0932 e. The summed E-state index contributed by atoms with van der Waals surface area (Å²) in [6.07, 6.45) is 9.63. The van der Waals surface area contributed by atoms with E-state index in [1.54, 1.807) is 0 Å². The van der Waals surface area contributed by atoms with Crippen LogP contribution in [-0.4, -0.2) is 5.37 Å². The third-order valence-corrected chi connectivity index (χ3v) is 2.71. The maximum absolute atomic E-state index is 4.87. The van der Waals surface area contributed by atoms with Gasteiger partial charge in [-0.3, -0.25) is 0 Å². The first kappa shape index (κ1) is 12.1. The maximum atomic E-state index is 4.87. The van der Waals surface area contributed by atoms with E-state index in [9.17, 15) is 0 Å². The fraction of sp³-hybridized carbons (Fsp3) is 0.909. The van der Waals surface area contributed by atoms with Crippen molar-refractivity contribution < 1.29 is 0 Å². The van der Waals surface area contributed by atoms with Gasteiger partial charge in [-0.05, 0) is 17.7 Å². The normalized spacial score (nSPS) is 12.8. The first-order valence-electron chi connectivity index (χ1n) is 5.26. The van der Waals surface area contributed by atoms with Gasteiger partial charge in [0.05, 0.1) is 0 Å². The second kappa shape index (κ2) is 9.18. The fourth-order valence-corrected chi connectivity index (χ4v) is 1.45. The van der Waals surface area contributed by atoms with Crippen LogP contribution in [-0.2, 0) is 0 Å². The number of hydrogen-bond donors (Lipinski definition) is 0. The Hall–Kier alpha value is 0.0900. The predicted octanol–water partition coefficient (Wildman–Crippen LogP) is 4.37. The summed E-state index contributed by atoms with van der Waals surface area (Å²) >= 11 is 4.87. The summed E-state index contributed by atoms with van der Waals surface area (Å²) in [5.74, 6) is 0.645. The second-order valence-corrected chi connectivity index (χ2v) is 3.94. The average Bonchev–Trinajstić information content (AvgIpc) is 2.10. The van der Waals surface area contributed by atoms with Gasteiger partial charge in [-0.1, -0.05) is 64.6 Å². The quantitative estimate of drug-likeness (QED) is 0.400. The Kier molecular flexibility index (Phi) is 9.25. The van der Waals surface area contributed by atoms with Crippen LogP contribution in [0, 0.1) is 5.92 Å². The number of rotatable bonds is 8. The lowest BCUT2D eigenvalue weighted by molar-refractivity contribution is 0.561. The van der Waals surface area contributed by atoms with Crippen molar-refractivity contribution in [2.45, 2.75) is 58.8 Å². The highest BCUT2D eigenvalue weighted by Crippen LogP contribution is 2.10. The van der Waals surface area contributed by atoms with Gasteiger partial charge in [0.15, 0.2) is 0 Å². The van der Waals surface area contributed by atoms with Gasteiger partial charge in [0.25, 0.3) is 0 Å². The zero-order chi connectivity index (χ0) is 9.23. The third-order valence-electron chi connectivity index (χ3n) is 2.25. The van der Waals surface area contributed by atoms with E-state index in [0.29, 0.717) is 5.92 Å². The van der Waals surface area contributed by atoms with Crippen molar-refractivity contribution in [2.75, 3.05) is 0 Å². The highest BCUT2D eigenvalue weighted by molar-refractivity contribution is 7.79. The molecule has 72 valence electrons. The van der Waals surface area contributed by atoms with Gasteiger partial charge in [-0.15, -0.1) is 0 Å². The molecule has 0 aliphatic rings. The van der Waals surface area contributed by atoms with E-state index in [-0.39, 0.29) is 0 Å². The highest BCUT2D eigenvalue weighted by atomic mass is 32.1. The molecule has 0 saturated heterocycles. The van der Waals surface area contributed by atoms with Gasteiger partial charge in [0.1, 0.15) is 0 Å². The van der Waals surface area contributed by atoms with Crippen LogP contribution in [0.2, 0.25) is 0 Å². The van der Waals surface area contributed by atoms with Gasteiger partial charge < -0.3 is 0 Å². The molecule has 0 bridgehead atoms. The predicted molar refractivity (Wildman–Crippen MR) is 60.8 cm³/mol. The molecule has 0 aliphatic heterocycles. The molecule has 0 N–H and O–H groups in total. The minimum absolute atomic E-state index is 0.645. The molecule has 0 aromatic rings. The average molecular weight is 186 g/mol. The van der Waals surface area contributed by atoms with Crippen LogP contribution < -0.4 is 0 Å². The smallest absolute Gasteiger partial charge is 0.0157 e. The van der Waals surface area contributed by atoms with Crippen LogP contribution in [0.15, 0.2) is 0 Å². The van der Waals surface area contributed by atoms with Crippen LogP contribution in [0.1, 0.15) is 58.8 Å². The molecule has 1 atom stereocenters. The lowest BCUT2D eigenvalue weighted by Crippen LogP contribution is -1.93. The van der Waals surface area contributed by atoms with Crippen LogP contribution in [0.4, 0.5) is 0 Å². The second-order valence-electron chi connectivity index (χ2n) is 3.67. The molecule has 0 saturated carbocycles. The van der Waals surface area contributed by atoms with Crippen LogP contribution in [0.25, 0.3) is 0 Å². The molecule has 0 amide bonds. The van der Waals surface area contributed by atoms with Crippen molar-refractivity contribution in [1.29, 1.82) is 0 Å². The summed E-state index contributed by atoms with van der Waals surface area (Å²) in [5.41, 5.74) is 0. The molecule has 0 spiro atoms. The Bertz CT molecular complexity index is 99.2. The minimum atomic E-state index is 0.645. The molecule has 0 radical (unpaired) electrons. The molecular formula is C11H22S. The van der Waals surface area contributed by atoms with Gasteiger partial charge in [0, 0.05) is 0 Å².